The third kappa shape index (κ3) is 3.49. The molecule has 2 aliphatic heterocycles. The summed E-state index contributed by atoms with van der Waals surface area (Å²) in [7, 11) is 0. The van der Waals surface area contributed by atoms with Crippen LogP contribution in [0.4, 0.5) is 0 Å². The Bertz CT molecular complexity index is 790. The van der Waals surface area contributed by atoms with Gasteiger partial charge in [0.1, 0.15) is 0 Å². The molecule has 0 spiro atoms. The highest BCUT2D eigenvalue weighted by Gasteiger charge is 2.60. The van der Waals surface area contributed by atoms with Gasteiger partial charge >= 0.3 is 0 Å². The predicted molar refractivity (Wildman–Crippen MR) is 115 cm³/mol. The van der Waals surface area contributed by atoms with Crippen LogP contribution >= 0.6 is 11.6 Å². The first-order valence-corrected chi connectivity index (χ1v) is 11.9. The molecule has 1 aromatic rings. The summed E-state index contributed by atoms with van der Waals surface area (Å²) in [4.78, 5) is 29.5. The van der Waals surface area contributed by atoms with E-state index in [-0.39, 0.29) is 23.7 Å². The van der Waals surface area contributed by atoms with Gasteiger partial charge < -0.3 is 10.0 Å². The number of hydrogen-bond donors (Lipinski definition) is 1. The maximum atomic E-state index is 12.8. The van der Waals surface area contributed by atoms with Crippen LogP contribution in [-0.4, -0.2) is 52.9 Å². The number of halogens is 1. The molecule has 4 aliphatic rings. The van der Waals surface area contributed by atoms with Gasteiger partial charge in [-0.1, -0.05) is 23.7 Å². The minimum absolute atomic E-state index is 0.00360. The van der Waals surface area contributed by atoms with Crippen LogP contribution in [0.3, 0.4) is 0 Å². The first-order valence-electron chi connectivity index (χ1n) is 11.5. The van der Waals surface area contributed by atoms with Gasteiger partial charge in [-0.15, -0.1) is 0 Å². The highest BCUT2D eigenvalue weighted by atomic mass is 35.5. The summed E-state index contributed by atoms with van der Waals surface area (Å²) in [5.41, 5.74) is 0.171. The molecular weight excluding hydrogens is 400 g/mol. The largest absolute Gasteiger partial charge is 0.385 e. The van der Waals surface area contributed by atoms with Gasteiger partial charge in [0.25, 0.3) is 0 Å². The van der Waals surface area contributed by atoms with Crippen LogP contribution in [0.2, 0.25) is 5.02 Å². The Morgan fingerprint density at radius 3 is 2.10 bits per heavy atom. The Labute approximate surface area is 183 Å². The van der Waals surface area contributed by atoms with E-state index < -0.39 is 5.60 Å². The molecule has 2 amide bonds. The molecular formula is C24H31ClN2O3. The summed E-state index contributed by atoms with van der Waals surface area (Å²) in [5.74, 6) is 1.17. The zero-order chi connectivity index (χ0) is 20.9. The number of piperidine rings is 1. The molecule has 162 valence electrons. The standard InChI is InChI=1S/C24H31ClN2O3/c25-19-7-5-18(6-8-19)24(30)9-13-26(14-10-24)11-1-2-12-27-22(28)20-16-3-4-17(15-16)21(20)23(27)29/h5-8,16-17,20-21,30H,1-4,9-15H2/t16-,17+,20+,21-. The lowest BCUT2D eigenvalue weighted by Gasteiger charge is -2.38. The van der Waals surface area contributed by atoms with Crippen LogP contribution in [0.1, 0.15) is 50.5 Å². The van der Waals surface area contributed by atoms with Gasteiger partial charge in [-0.05, 0) is 81.0 Å². The Balaban J connectivity index is 1.07. The third-order valence-electron chi connectivity index (χ3n) is 8.19. The molecule has 1 N–H and O–H groups in total. The van der Waals surface area contributed by atoms with E-state index in [2.05, 4.69) is 4.90 Å². The molecule has 4 fully saturated rings. The lowest BCUT2D eigenvalue weighted by atomic mass is 9.81. The van der Waals surface area contributed by atoms with Gasteiger partial charge in [0.2, 0.25) is 11.8 Å². The number of benzene rings is 1. The molecule has 0 aromatic heterocycles. The molecule has 2 aliphatic carbocycles. The fourth-order valence-electron chi connectivity index (χ4n) is 6.49. The predicted octanol–water partition coefficient (Wildman–Crippen LogP) is 3.43. The maximum absolute atomic E-state index is 12.8. The fourth-order valence-corrected chi connectivity index (χ4v) is 6.62. The number of carbonyl (C=O) groups excluding carboxylic acids is 2. The normalized spacial score (nSPS) is 32.8. The molecule has 2 saturated carbocycles. The second kappa shape index (κ2) is 7.92. The SMILES string of the molecule is O=C1[C@@H]2[C@H]3CC[C@H](C3)[C@@H]2C(=O)N1CCCCN1CCC(O)(c2ccc(Cl)cc2)CC1. The van der Waals surface area contributed by atoms with Crippen molar-refractivity contribution in [2.24, 2.45) is 23.7 Å². The Kier molecular flexibility index (Phi) is 5.41. The van der Waals surface area contributed by atoms with Gasteiger partial charge in [-0.25, -0.2) is 0 Å². The van der Waals surface area contributed by atoms with Crippen molar-refractivity contribution in [2.75, 3.05) is 26.2 Å². The average Bonchev–Trinajstić information content (AvgIpc) is 3.42. The smallest absolute Gasteiger partial charge is 0.233 e. The first-order chi connectivity index (χ1) is 14.5. The van der Waals surface area contributed by atoms with Crippen molar-refractivity contribution in [2.45, 2.75) is 50.5 Å². The second-order valence-corrected chi connectivity index (χ2v) is 10.2. The lowest BCUT2D eigenvalue weighted by molar-refractivity contribution is -0.140. The highest BCUT2D eigenvalue weighted by Crippen LogP contribution is 2.56. The van der Waals surface area contributed by atoms with E-state index in [1.165, 1.54) is 0 Å². The molecule has 2 heterocycles. The summed E-state index contributed by atoms with van der Waals surface area (Å²) in [6, 6.07) is 7.51. The van der Waals surface area contributed by atoms with Crippen molar-refractivity contribution in [3.8, 4) is 0 Å². The molecule has 30 heavy (non-hydrogen) atoms. The van der Waals surface area contributed by atoms with Crippen LogP contribution in [0, 0.1) is 23.7 Å². The number of likely N-dealkylation sites (tertiary alicyclic amines) is 2. The van der Waals surface area contributed by atoms with Crippen molar-refractivity contribution in [3.63, 3.8) is 0 Å². The Morgan fingerprint density at radius 1 is 0.933 bits per heavy atom. The minimum Gasteiger partial charge on any atom is -0.385 e. The maximum Gasteiger partial charge on any atom is 0.233 e. The molecule has 0 unspecified atom stereocenters. The van der Waals surface area contributed by atoms with E-state index in [9.17, 15) is 14.7 Å². The average molecular weight is 431 g/mol. The van der Waals surface area contributed by atoms with E-state index in [0.29, 0.717) is 36.2 Å². The van der Waals surface area contributed by atoms with Crippen LogP contribution in [-0.2, 0) is 15.2 Å². The second-order valence-electron chi connectivity index (χ2n) is 9.80. The Morgan fingerprint density at radius 2 is 1.50 bits per heavy atom. The van der Waals surface area contributed by atoms with Crippen LogP contribution < -0.4 is 0 Å². The number of nitrogens with zero attached hydrogens (tertiary/aromatic N) is 2. The van der Waals surface area contributed by atoms with E-state index in [1.54, 1.807) is 4.90 Å². The number of aliphatic hydroxyl groups is 1. The lowest BCUT2D eigenvalue weighted by Crippen LogP contribution is -2.43. The first kappa shape index (κ1) is 20.5. The summed E-state index contributed by atoms with van der Waals surface area (Å²) in [6.07, 6.45) is 6.63. The molecule has 0 radical (unpaired) electrons. The monoisotopic (exact) mass is 430 g/mol. The van der Waals surface area contributed by atoms with E-state index in [4.69, 9.17) is 11.6 Å². The summed E-state index contributed by atoms with van der Waals surface area (Å²) in [5, 5.41) is 11.7. The number of imide groups is 1. The van der Waals surface area contributed by atoms with Crippen LogP contribution in [0.5, 0.6) is 0 Å². The quantitative estimate of drug-likeness (QED) is 0.554. The number of amides is 2. The number of hydrogen-bond acceptors (Lipinski definition) is 4. The molecule has 2 saturated heterocycles. The van der Waals surface area contributed by atoms with Gasteiger partial charge in [-0.3, -0.25) is 14.5 Å². The van der Waals surface area contributed by atoms with Gasteiger partial charge in [-0.2, -0.15) is 0 Å². The number of rotatable bonds is 6. The van der Waals surface area contributed by atoms with Gasteiger partial charge in [0, 0.05) is 24.7 Å². The van der Waals surface area contributed by atoms with Crippen molar-refractivity contribution in [1.29, 1.82) is 0 Å². The van der Waals surface area contributed by atoms with Crippen LogP contribution in [0.15, 0.2) is 24.3 Å². The molecule has 5 rings (SSSR count). The van der Waals surface area contributed by atoms with Crippen molar-refractivity contribution < 1.29 is 14.7 Å². The highest BCUT2D eigenvalue weighted by molar-refractivity contribution is 6.30. The zero-order valence-electron chi connectivity index (χ0n) is 17.4. The number of fused-ring (bicyclic) bond motifs is 5. The van der Waals surface area contributed by atoms with Crippen molar-refractivity contribution >= 4 is 23.4 Å². The van der Waals surface area contributed by atoms with Crippen molar-refractivity contribution in [1.82, 2.24) is 9.80 Å². The van der Waals surface area contributed by atoms with Gasteiger partial charge in [0.15, 0.2) is 0 Å². The van der Waals surface area contributed by atoms with E-state index in [1.807, 2.05) is 24.3 Å². The summed E-state index contributed by atoms with van der Waals surface area (Å²) < 4.78 is 0. The minimum atomic E-state index is -0.771. The molecule has 5 nitrogen and oxygen atoms in total. The number of carbonyl (C=O) groups is 2. The van der Waals surface area contributed by atoms with Gasteiger partial charge in [0.05, 0.1) is 17.4 Å². The Hall–Kier alpha value is -1.43. The summed E-state index contributed by atoms with van der Waals surface area (Å²) >= 11 is 5.96. The van der Waals surface area contributed by atoms with Crippen LogP contribution in [0.25, 0.3) is 0 Å². The molecule has 1 aromatic carbocycles. The molecule has 6 heteroatoms. The summed E-state index contributed by atoms with van der Waals surface area (Å²) in [6.45, 7) is 3.24. The van der Waals surface area contributed by atoms with E-state index >= 15 is 0 Å². The fraction of sp³-hybridized carbons (Fsp3) is 0.667. The van der Waals surface area contributed by atoms with Crippen molar-refractivity contribution in [3.05, 3.63) is 34.9 Å². The molecule has 2 bridgehead atoms. The zero-order valence-corrected chi connectivity index (χ0v) is 18.2. The third-order valence-corrected chi connectivity index (χ3v) is 8.44. The molecule has 4 atom stereocenters. The topological polar surface area (TPSA) is 60.9 Å². The number of unbranched alkanes of at least 4 members (excludes halogenated alkanes) is 1. The van der Waals surface area contributed by atoms with E-state index in [0.717, 1.165) is 57.3 Å².